The van der Waals surface area contributed by atoms with Crippen LogP contribution >= 0.6 is 0 Å². The first-order valence-electron chi connectivity index (χ1n) is 9.92. The molecule has 2 aromatic rings. The van der Waals surface area contributed by atoms with Crippen LogP contribution in [0.4, 0.5) is 0 Å². The molecule has 0 bridgehead atoms. The second-order valence-electron chi connectivity index (χ2n) is 7.51. The summed E-state index contributed by atoms with van der Waals surface area (Å²) in [5.41, 5.74) is 3.74. The standard InChI is InChI=1S/C23H29N3O2/c1-17(26-13-12-19-8-6-7-11-21(19)16-26)15-24-23(28)14-22(25-18(2)27)20-9-4-3-5-10-20/h3-11,17,22H,12-16H2,1-2H3,(H,24,28)(H,25,27). The third-order valence-electron chi connectivity index (χ3n) is 5.35. The monoisotopic (exact) mass is 379 g/mol. The Hall–Kier alpha value is -2.66. The number of nitrogens with zero attached hydrogens (tertiary/aromatic N) is 1. The first kappa shape index (κ1) is 20.1. The molecule has 0 spiro atoms. The lowest BCUT2D eigenvalue weighted by Gasteiger charge is -2.33. The average Bonchev–Trinajstić information content (AvgIpc) is 2.71. The van der Waals surface area contributed by atoms with E-state index < -0.39 is 0 Å². The van der Waals surface area contributed by atoms with Crippen molar-refractivity contribution in [2.45, 2.75) is 45.3 Å². The summed E-state index contributed by atoms with van der Waals surface area (Å²) in [7, 11) is 0. The van der Waals surface area contributed by atoms with Crippen LogP contribution in [-0.2, 0) is 22.6 Å². The Morgan fingerprint density at radius 1 is 1.04 bits per heavy atom. The molecule has 2 atom stereocenters. The van der Waals surface area contributed by atoms with Crippen LogP contribution in [0.2, 0.25) is 0 Å². The van der Waals surface area contributed by atoms with Gasteiger partial charge in [-0.2, -0.15) is 0 Å². The Morgan fingerprint density at radius 2 is 1.71 bits per heavy atom. The van der Waals surface area contributed by atoms with Crippen LogP contribution in [0.3, 0.4) is 0 Å². The molecule has 1 aliphatic heterocycles. The minimum atomic E-state index is -0.309. The zero-order valence-electron chi connectivity index (χ0n) is 16.7. The van der Waals surface area contributed by atoms with Gasteiger partial charge >= 0.3 is 0 Å². The fourth-order valence-corrected chi connectivity index (χ4v) is 3.72. The Bertz CT molecular complexity index is 807. The molecule has 3 rings (SSSR count). The Morgan fingerprint density at radius 3 is 2.43 bits per heavy atom. The first-order valence-corrected chi connectivity index (χ1v) is 9.92. The van der Waals surface area contributed by atoms with Gasteiger partial charge in [0.2, 0.25) is 11.8 Å². The van der Waals surface area contributed by atoms with Crippen molar-refractivity contribution in [2.75, 3.05) is 13.1 Å². The zero-order chi connectivity index (χ0) is 19.9. The SMILES string of the molecule is CC(=O)NC(CC(=O)NCC(C)N1CCc2ccccc2C1)c1ccccc1. The van der Waals surface area contributed by atoms with Gasteiger partial charge in [-0.15, -0.1) is 0 Å². The molecule has 0 aliphatic carbocycles. The molecule has 0 saturated heterocycles. The van der Waals surface area contributed by atoms with E-state index in [1.807, 2.05) is 30.3 Å². The van der Waals surface area contributed by atoms with E-state index in [0.29, 0.717) is 6.54 Å². The van der Waals surface area contributed by atoms with E-state index >= 15 is 0 Å². The number of carbonyl (C=O) groups is 2. The van der Waals surface area contributed by atoms with Crippen LogP contribution in [0.15, 0.2) is 54.6 Å². The normalized spacial score (nSPS) is 15.9. The van der Waals surface area contributed by atoms with Gasteiger partial charge in [-0.3, -0.25) is 14.5 Å². The van der Waals surface area contributed by atoms with E-state index in [1.54, 1.807) is 0 Å². The number of nitrogens with one attached hydrogen (secondary N) is 2. The van der Waals surface area contributed by atoms with Crippen LogP contribution in [0.25, 0.3) is 0 Å². The van der Waals surface area contributed by atoms with Crippen molar-refractivity contribution in [1.29, 1.82) is 0 Å². The van der Waals surface area contributed by atoms with Crippen LogP contribution in [0, 0.1) is 0 Å². The Balaban J connectivity index is 1.52. The fourth-order valence-electron chi connectivity index (χ4n) is 3.72. The maximum atomic E-state index is 12.5. The molecule has 2 unspecified atom stereocenters. The van der Waals surface area contributed by atoms with Crippen LogP contribution in [0.5, 0.6) is 0 Å². The molecule has 0 saturated carbocycles. The Labute approximate surface area is 167 Å². The molecule has 5 nitrogen and oxygen atoms in total. The minimum absolute atomic E-state index is 0.0492. The van der Waals surface area contributed by atoms with E-state index in [2.05, 4.69) is 46.7 Å². The highest BCUT2D eigenvalue weighted by molar-refractivity contribution is 5.79. The molecule has 2 N–H and O–H groups in total. The summed E-state index contributed by atoms with van der Waals surface area (Å²) in [6, 6.07) is 18.1. The molecular formula is C23H29N3O2. The summed E-state index contributed by atoms with van der Waals surface area (Å²) in [4.78, 5) is 26.5. The number of amides is 2. The van der Waals surface area contributed by atoms with E-state index in [0.717, 1.165) is 25.1 Å². The van der Waals surface area contributed by atoms with Gasteiger partial charge in [-0.1, -0.05) is 54.6 Å². The topological polar surface area (TPSA) is 61.4 Å². The molecule has 1 aliphatic rings. The van der Waals surface area contributed by atoms with Gasteiger partial charge in [0.1, 0.15) is 0 Å². The van der Waals surface area contributed by atoms with Gasteiger partial charge in [0.15, 0.2) is 0 Å². The van der Waals surface area contributed by atoms with Crippen molar-refractivity contribution in [2.24, 2.45) is 0 Å². The smallest absolute Gasteiger partial charge is 0.222 e. The van der Waals surface area contributed by atoms with E-state index in [9.17, 15) is 9.59 Å². The summed E-state index contributed by atoms with van der Waals surface area (Å²) in [5, 5.41) is 5.92. The average molecular weight is 380 g/mol. The first-order chi connectivity index (χ1) is 13.5. The second-order valence-corrected chi connectivity index (χ2v) is 7.51. The van der Waals surface area contributed by atoms with Crippen molar-refractivity contribution in [3.8, 4) is 0 Å². The summed E-state index contributed by atoms with van der Waals surface area (Å²) in [5.74, 6) is -0.186. The highest BCUT2D eigenvalue weighted by atomic mass is 16.2. The van der Waals surface area contributed by atoms with Gasteiger partial charge in [0.05, 0.1) is 12.5 Å². The molecule has 0 radical (unpaired) electrons. The van der Waals surface area contributed by atoms with Crippen molar-refractivity contribution in [1.82, 2.24) is 15.5 Å². The van der Waals surface area contributed by atoms with E-state index in [-0.39, 0.29) is 30.3 Å². The molecule has 2 amide bonds. The number of hydrogen-bond acceptors (Lipinski definition) is 3. The van der Waals surface area contributed by atoms with Crippen molar-refractivity contribution >= 4 is 11.8 Å². The highest BCUT2D eigenvalue weighted by Gasteiger charge is 2.22. The summed E-state index contributed by atoms with van der Waals surface area (Å²) in [6.07, 6.45) is 1.28. The third kappa shape index (κ3) is 5.42. The number of fused-ring (bicyclic) bond motifs is 1. The van der Waals surface area contributed by atoms with Gasteiger partial charge in [-0.25, -0.2) is 0 Å². The molecule has 148 valence electrons. The van der Waals surface area contributed by atoms with Gasteiger partial charge in [0.25, 0.3) is 0 Å². The van der Waals surface area contributed by atoms with E-state index in [4.69, 9.17) is 0 Å². The van der Waals surface area contributed by atoms with Crippen LogP contribution in [0.1, 0.15) is 43.0 Å². The van der Waals surface area contributed by atoms with Gasteiger partial charge in [0, 0.05) is 32.6 Å². The lowest BCUT2D eigenvalue weighted by Crippen LogP contribution is -2.44. The molecule has 2 aromatic carbocycles. The van der Waals surface area contributed by atoms with Gasteiger partial charge in [-0.05, 0) is 30.0 Å². The second kappa shape index (κ2) is 9.51. The summed E-state index contributed by atoms with van der Waals surface area (Å²) < 4.78 is 0. The maximum Gasteiger partial charge on any atom is 0.222 e. The Kier molecular flexibility index (Phi) is 6.82. The molecule has 0 fully saturated rings. The quantitative estimate of drug-likeness (QED) is 0.778. The third-order valence-corrected chi connectivity index (χ3v) is 5.35. The van der Waals surface area contributed by atoms with Crippen LogP contribution in [-0.4, -0.2) is 35.8 Å². The van der Waals surface area contributed by atoms with Crippen molar-refractivity contribution in [3.63, 3.8) is 0 Å². The molecule has 1 heterocycles. The predicted octanol–water partition coefficient (Wildman–Crippen LogP) is 2.82. The lowest BCUT2D eigenvalue weighted by atomic mass is 9.99. The highest BCUT2D eigenvalue weighted by Crippen LogP contribution is 2.20. The molecule has 5 heteroatoms. The van der Waals surface area contributed by atoms with Gasteiger partial charge < -0.3 is 10.6 Å². The predicted molar refractivity (Wildman–Crippen MR) is 111 cm³/mol. The van der Waals surface area contributed by atoms with Crippen LogP contribution < -0.4 is 10.6 Å². The zero-order valence-corrected chi connectivity index (χ0v) is 16.7. The number of hydrogen-bond donors (Lipinski definition) is 2. The summed E-state index contributed by atoms with van der Waals surface area (Å²) in [6.45, 7) is 6.15. The molecule has 28 heavy (non-hydrogen) atoms. The van der Waals surface area contributed by atoms with E-state index in [1.165, 1.54) is 18.1 Å². The largest absolute Gasteiger partial charge is 0.354 e. The van der Waals surface area contributed by atoms with Crippen molar-refractivity contribution < 1.29 is 9.59 Å². The lowest BCUT2D eigenvalue weighted by molar-refractivity contribution is -0.123. The number of benzene rings is 2. The molecule has 0 aromatic heterocycles. The minimum Gasteiger partial charge on any atom is -0.354 e. The number of carbonyl (C=O) groups excluding carboxylic acids is 2. The molecular weight excluding hydrogens is 350 g/mol. The fraction of sp³-hybridized carbons (Fsp3) is 0.391. The van der Waals surface area contributed by atoms with Crippen molar-refractivity contribution in [3.05, 3.63) is 71.3 Å². The number of rotatable bonds is 7. The summed E-state index contributed by atoms with van der Waals surface area (Å²) >= 11 is 0. The maximum absolute atomic E-state index is 12.5.